The van der Waals surface area contributed by atoms with Crippen molar-refractivity contribution in [2.24, 2.45) is 0 Å². The third kappa shape index (κ3) is 3.89. The molecule has 164 valence electrons. The second-order valence-corrected chi connectivity index (χ2v) is 9.49. The molecule has 1 aliphatic rings. The molecule has 0 saturated carbocycles. The van der Waals surface area contributed by atoms with Gasteiger partial charge in [0.25, 0.3) is 0 Å². The molecular weight excluding hydrogens is 539 g/mol. The van der Waals surface area contributed by atoms with Gasteiger partial charge in [-0.3, -0.25) is 4.79 Å². The molecule has 2 atom stereocenters. The first-order chi connectivity index (χ1) is 15.2. The second kappa shape index (κ2) is 8.81. The maximum absolute atomic E-state index is 15.1. The SMILES string of the molecule is CC(=O)C1=C(C)N(c2ccc(Br)cc2)C(O)(c2ccccc2F)C1Nc1ccc(Br)cc1. The Hall–Kier alpha value is -2.48. The molecule has 2 N–H and O–H groups in total. The summed E-state index contributed by atoms with van der Waals surface area (Å²) in [4.78, 5) is 14.4. The molecule has 4 rings (SSSR count). The van der Waals surface area contributed by atoms with Gasteiger partial charge in [-0.25, -0.2) is 4.39 Å². The Morgan fingerprint density at radius 1 is 1.00 bits per heavy atom. The molecule has 2 unspecified atom stereocenters. The van der Waals surface area contributed by atoms with Crippen LogP contribution in [0.15, 0.2) is 93.0 Å². The molecule has 7 heteroatoms. The van der Waals surface area contributed by atoms with Gasteiger partial charge in [-0.05, 0) is 68.4 Å². The predicted molar refractivity (Wildman–Crippen MR) is 132 cm³/mol. The van der Waals surface area contributed by atoms with Crippen molar-refractivity contribution < 1.29 is 14.3 Å². The molecule has 0 radical (unpaired) electrons. The van der Waals surface area contributed by atoms with Gasteiger partial charge in [-0.2, -0.15) is 0 Å². The van der Waals surface area contributed by atoms with Crippen LogP contribution in [0.2, 0.25) is 0 Å². The average Bonchev–Trinajstić information content (AvgIpc) is 2.98. The molecule has 0 aromatic heterocycles. The Morgan fingerprint density at radius 2 is 1.56 bits per heavy atom. The van der Waals surface area contributed by atoms with E-state index < -0.39 is 17.6 Å². The van der Waals surface area contributed by atoms with Crippen molar-refractivity contribution >= 4 is 49.0 Å². The summed E-state index contributed by atoms with van der Waals surface area (Å²) in [6.45, 7) is 3.23. The number of anilines is 2. The summed E-state index contributed by atoms with van der Waals surface area (Å²) >= 11 is 6.84. The zero-order valence-electron chi connectivity index (χ0n) is 17.4. The second-order valence-electron chi connectivity index (χ2n) is 7.66. The Bertz CT molecular complexity index is 1200. The van der Waals surface area contributed by atoms with Crippen molar-refractivity contribution in [1.29, 1.82) is 0 Å². The number of halogens is 3. The molecule has 3 aromatic carbocycles. The van der Waals surface area contributed by atoms with E-state index in [9.17, 15) is 9.90 Å². The fourth-order valence-corrected chi connectivity index (χ4v) is 4.80. The van der Waals surface area contributed by atoms with Crippen molar-refractivity contribution in [2.45, 2.75) is 25.6 Å². The number of Topliss-reactive ketones (excluding diaryl/α,β-unsaturated/α-hetero) is 1. The quantitative estimate of drug-likeness (QED) is 0.382. The lowest BCUT2D eigenvalue weighted by Crippen LogP contribution is -2.53. The van der Waals surface area contributed by atoms with Crippen LogP contribution in [-0.4, -0.2) is 16.9 Å². The van der Waals surface area contributed by atoms with E-state index >= 15 is 4.39 Å². The predicted octanol–water partition coefficient (Wildman–Crippen LogP) is 6.36. The molecular formula is C25H21Br2FN2O2. The van der Waals surface area contributed by atoms with E-state index in [0.29, 0.717) is 22.6 Å². The zero-order chi connectivity index (χ0) is 23.0. The van der Waals surface area contributed by atoms with E-state index in [2.05, 4.69) is 37.2 Å². The van der Waals surface area contributed by atoms with Crippen molar-refractivity contribution in [2.75, 3.05) is 10.2 Å². The Morgan fingerprint density at radius 3 is 2.12 bits per heavy atom. The first-order valence-corrected chi connectivity index (χ1v) is 11.6. The van der Waals surface area contributed by atoms with Gasteiger partial charge >= 0.3 is 0 Å². The molecule has 0 fully saturated rings. The molecule has 1 aliphatic heterocycles. The average molecular weight is 560 g/mol. The standard InChI is InChI=1S/C25H21Br2FN2O2/c1-15-23(16(2)31)24(29-19-11-7-17(26)8-12-19)25(32,21-5-3-4-6-22(21)28)30(15)20-13-9-18(27)10-14-20/h3-14,24,29,32H,1-2H3. The Kier molecular flexibility index (Phi) is 6.25. The minimum Gasteiger partial charge on any atom is -0.373 e. The molecule has 3 aromatic rings. The fourth-order valence-electron chi connectivity index (χ4n) is 4.28. The maximum atomic E-state index is 15.1. The summed E-state index contributed by atoms with van der Waals surface area (Å²) in [7, 11) is 0. The summed E-state index contributed by atoms with van der Waals surface area (Å²) in [5.41, 5.74) is 0.458. The number of nitrogens with one attached hydrogen (secondary N) is 1. The molecule has 0 aliphatic carbocycles. The maximum Gasteiger partial charge on any atom is 0.196 e. The van der Waals surface area contributed by atoms with Crippen molar-refractivity contribution in [3.8, 4) is 0 Å². The number of carbonyl (C=O) groups is 1. The minimum atomic E-state index is -1.89. The van der Waals surface area contributed by atoms with E-state index in [-0.39, 0.29) is 11.3 Å². The number of nitrogens with zero attached hydrogens (tertiary/aromatic N) is 1. The van der Waals surface area contributed by atoms with Crippen LogP contribution in [0.4, 0.5) is 15.8 Å². The van der Waals surface area contributed by atoms with E-state index in [1.54, 1.807) is 30.0 Å². The lowest BCUT2D eigenvalue weighted by molar-refractivity contribution is -0.114. The molecule has 0 bridgehead atoms. The number of benzene rings is 3. The number of aliphatic hydroxyl groups is 1. The normalized spacial score (nSPS) is 20.6. The minimum absolute atomic E-state index is 0.0770. The topological polar surface area (TPSA) is 52.6 Å². The lowest BCUT2D eigenvalue weighted by Gasteiger charge is -2.41. The molecule has 4 nitrogen and oxygen atoms in total. The number of rotatable bonds is 5. The van der Waals surface area contributed by atoms with E-state index in [1.807, 2.05) is 48.5 Å². The molecule has 32 heavy (non-hydrogen) atoms. The lowest BCUT2D eigenvalue weighted by atomic mass is 9.89. The number of hydrogen-bond donors (Lipinski definition) is 2. The first-order valence-electron chi connectivity index (χ1n) is 10.0. The highest BCUT2D eigenvalue weighted by Gasteiger charge is 2.55. The first kappa shape index (κ1) is 22.7. The largest absolute Gasteiger partial charge is 0.373 e. The van der Waals surface area contributed by atoms with Crippen LogP contribution in [0.25, 0.3) is 0 Å². The smallest absolute Gasteiger partial charge is 0.196 e. The van der Waals surface area contributed by atoms with Gasteiger partial charge in [0.1, 0.15) is 11.9 Å². The van der Waals surface area contributed by atoms with E-state index in [1.165, 1.54) is 13.0 Å². The summed E-state index contributed by atoms with van der Waals surface area (Å²) in [5.74, 6) is -0.760. The summed E-state index contributed by atoms with van der Waals surface area (Å²) in [6, 6.07) is 19.9. The fraction of sp³-hybridized carbons (Fsp3) is 0.160. The Labute approximate surface area is 203 Å². The van der Waals surface area contributed by atoms with Gasteiger partial charge in [-0.15, -0.1) is 0 Å². The van der Waals surface area contributed by atoms with Gasteiger partial charge in [0.15, 0.2) is 11.5 Å². The van der Waals surface area contributed by atoms with Crippen LogP contribution < -0.4 is 10.2 Å². The van der Waals surface area contributed by atoms with Crippen LogP contribution in [0.5, 0.6) is 0 Å². The van der Waals surface area contributed by atoms with Crippen molar-refractivity contribution in [3.63, 3.8) is 0 Å². The highest BCUT2D eigenvalue weighted by Crippen LogP contribution is 2.48. The van der Waals surface area contributed by atoms with Crippen LogP contribution in [0, 0.1) is 5.82 Å². The molecule has 0 amide bonds. The monoisotopic (exact) mass is 558 g/mol. The van der Waals surface area contributed by atoms with Crippen molar-refractivity contribution in [3.05, 3.63) is 104 Å². The summed E-state index contributed by atoms with van der Waals surface area (Å²) in [6.07, 6.45) is 0. The number of carbonyl (C=O) groups excluding carboxylic acids is 1. The zero-order valence-corrected chi connectivity index (χ0v) is 20.6. The van der Waals surface area contributed by atoms with E-state index in [0.717, 1.165) is 8.95 Å². The van der Waals surface area contributed by atoms with Gasteiger partial charge in [0.2, 0.25) is 0 Å². The molecule has 1 heterocycles. The van der Waals surface area contributed by atoms with Crippen LogP contribution in [-0.2, 0) is 10.5 Å². The van der Waals surface area contributed by atoms with E-state index in [4.69, 9.17) is 0 Å². The molecule has 0 saturated heterocycles. The van der Waals surface area contributed by atoms with Crippen LogP contribution in [0.1, 0.15) is 19.4 Å². The number of ketones is 1. The highest BCUT2D eigenvalue weighted by molar-refractivity contribution is 9.10. The summed E-state index contributed by atoms with van der Waals surface area (Å²) < 4.78 is 16.9. The third-order valence-electron chi connectivity index (χ3n) is 5.65. The van der Waals surface area contributed by atoms with Gasteiger partial charge < -0.3 is 15.3 Å². The molecule has 0 spiro atoms. The van der Waals surface area contributed by atoms with Crippen LogP contribution in [0.3, 0.4) is 0 Å². The van der Waals surface area contributed by atoms with Crippen LogP contribution >= 0.6 is 31.9 Å². The van der Waals surface area contributed by atoms with Gasteiger partial charge in [0.05, 0.1) is 0 Å². The van der Waals surface area contributed by atoms with Gasteiger partial charge in [0, 0.05) is 37.2 Å². The Balaban J connectivity index is 1.95. The van der Waals surface area contributed by atoms with Gasteiger partial charge in [-0.1, -0.05) is 50.1 Å². The number of allylic oxidation sites excluding steroid dienone is 1. The summed E-state index contributed by atoms with van der Waals surface area (Å²) in [5, 5.41) is 15.6. The highest BCUT2D eigenvalue weighted by atomic mass is 79.9. The number of hydrogen-bond acceptors (Lipinski definition) is 4. The van der Waals surface area contributed by atoms with Crippen molar-refractivity contribution in [1.82, 2.24) is 0 Å². The third-order valence-corrected chi connectivity index (χ3v) is 6.70.